The summed E-state index contributed by atoms with van der Waals surface area (Å²) in [6.45, 7) is 6.78. The Labute approximate surface area is 129 Å². The monoisotopic (exact) mass is 300 g/mol. The van der Waals surface area contributed by atoms with Crippen molar-refractivity contribution in [2.75, 3.05) is 0 Å². The van der Waals surface area contributed by atoms with Gasteiger partial charge >= 0.3 is 5.97 Å². The molecule has 0 radical (unpaired) electrons. The molecule has 2 rings (SSSR count). The van der Waals surface area contributed by atoms with Gasteiger partial charge in [-0.05, 0) is 30.6 Å². The van der Waals surface area contributed by atoms with Crippen molar-refractivity contribution in [2.24, 2.45) is 0 Å². The van der Waals surface area contributed by atoms with Gasteiger partial charge in [0.15, 0.2) is 5.82 Å². The van der Waals surface area contributed by atoms with Gasteiger partial charge in [-0.25, -0.2) is 14.8 Å². The molecule has 0 aliphatic rings. The zero-order chi connectivity index (χ0) is 16.1. The lowest BCUT2D eigenvalue weighted by molar-refractivity contribution is 0.0694. The average molecular weight is 300 g/mol. The van der Waals surface area contributed by atoms with E-state index in [2.05, 4.69) is 22.0 Å². The molecule has 0 aliphatic heterocycles. The Morgan fingerprint density at radius 2 is 2.18 bits per heavy atom. The molecule has 1 N–H and O–H groups in total. The molecule has 116 valence electrons. The van der Waals surface area contributed by atoms with Crippen molar-refractivity contribution >= 4 is 18.1 Å². The van der Waals surface area contributed by atoms with Crippen molar-refractivity contribution in [3.63, 3.8) is 0 Å². The van der Waals surface area contributed by atoms with E-state index in [0.29, 0.717) is 11.5 Å². The largest absolute Gasteiger partial charge is 0.478 e. The first-order valence-corrected chi connectivity index (χ1v) is 7.33. The highest BCUT2D eigenvalue weighted by Crippen LogP contribution is 2.17. The molecule has 2 heterocycles. The van der Waals surface area contributed by atoms with Gasteiger partial charge in [0, 0.05) is 18.9 Å². The van der Waals surface area contributed by atoms with Gasteiger partial charge in [-0.1, -0.05) is 20.8 Å². The molecule has 0 aliphatic carbocycles. The van der Waals surface area contributed by atoms with E-state index in [4.69, 9.17) is 0 Å². The molecular weight excluding hydrogens is 280 g/mol. The standard InChI is InChI=1S/C16H20N4O2/c1-4-9-20-12(7-8-18-20)5-6-14-17-10-13(16(21)22)15(19-14)11(2)3/h5-8,10-11H,4,9H2,1-3H3,(H,21,22)/b6-5+. The Hall–Kier alpha value is -2.50. The van der Waals surface area contributed by atoms with Crippen molar-refractivity contribution < 1.29 is 9.90 Å². The van der Waals surface area contributed by atoms with E-state index in [-0.39, 0.29) is 11.5 Å². The summed E-state index contributed by atoms with van der Waals surface area (Å²) in [5, 5.41) is 13.4. The van der Waals surface area contributed by atoms with Gasteiger partial charge < -0.3 is 5.11 Å². The summed E-state index contributed by atoms with van der Waals surface area (Å²) < 4.78 is 1.91. The van der Waals surface area contributed by atoms with Crippen LogP contribution in [0, 0.1) is 0 Å². The summed E-state index contributed by atoms with van der Waals surface area (Å²) >= 11 is 0. The predicted molar refractivity (Wildman–Crippen MR) is 84.5 cm³/mol. The summed E-state index contributed by atoms with van der Waals surface area (Å²) in [5.41, 5.74) is 1.67. The van der Waals surface area contributed by atoms with Crippen LogP contribution in [0.4, 0.5) is 0 Å². The first-order chi connectivity index (χ1) is 10.5. The van der Waals surface area contributed by atoms with E-state index in [9.17, 15) is 9.90 Å². The fourth-order valence-corrected chi connectivity index (χ4v) is 2.14. The first-order valence-electron chi connectivity index (χ1n) is 7.33. The van der Waals surface area contributed by atoms with E-state index in [1.54, 1.807) is 12.3 Å². The molecule has 6 nitrogen and oxygen atoms in total. The highest BCUT2D eigenvalue weighted by atomic mass is 16.4. The van der Waals surface area contributed by atoms with Crippen LogP contribution in [-0.2, 0) is 6.54 Å². The fraction of sp³-hybridized carbons (Fsp3) is 0.375. The van der Waals surface area contributed by atoms with Gasteiger partial charge in [0.1, 0.15) is 0 Å². The zero-order valence-electron chi connectivity index (χ0n) is 13.0. The normalized spacial score (nSPS) is 11.5. The number of carboxylic acid groups (broad SMARTS) is 1. The zero-order valence-corrected chi connectivity index (χ0v) is 13.0. The maximum absolute atomic E-state index is 11.2. The lowest BCUT2D eigenvalue weighted by Gasteiger charge is -2.08. The third-order valence-corrected chi connectivity index (χ3v) is 3.20. The minimum absolute atomic E-state index is 0.0202. The molecule has 0 aromatic carbocycles. The fourth-order valence-electron chi connectivity index (χ4n) is 2.14. The molecule has 6 heteroatoms. The van der Waals surface area contributed by atoms with Crippen LogP contribution in [0.3, 0.4) is 0 Å². The Balaban J connectivity index is 2.29. The number of nitrogens with zero attached hydrogens (tertiary/aromatic N) is 4. The third-order valence-electron chi connectivity index (χ3n) is 3.20. The molecule has 0 atom stereocenters. The maximum atomic E-state index is 11.2. The highest BCUT2D eigenvalue weighted by Gasteiger charge is 2.15. The van der Waals surface area contributed by atoms with E-state index in [0.717, 1.165) is 18.7 Å². The number of rotatable bonds is 6. The summed E-state index contributed by atoms with van der Waals surface area (Å²) in [7, 11) is 0. The van der Waals surface area contributed by atoms with Crippen molar-refractivity contribution in [1.82, 2.24) is 19.7 Å². The van der Waals surface area contributed by atoms with Crippen LogP contribution in [0.2, 0.25) is 0 Å². The molecule has 22 heavy (non-hydrogen) atoms. The van der Waals surface area contributed by atoms with Crippen molar-refractivity contribution in [3.05, 3.63) is 41.2 Å². The molecule has 0 amide bonds. The Morgan fingerprint density at radius 3 is 2.82 bits per heavy atom. The highest BCUT2D eigenvalue weighted by molar-refractivity contribution is 5.88. The van der Waals surface area contributed by atoms with Crippen LogP contribution in [0.25, 0.3) is 12.2 Å². The second kappa shape index (κ2) is 6.98. The van der Waals surface area contributed by atoms with Gasteiger partial charge in [0.25, 0.3) is 0 Å². The van der Waals surface area contributed by atoms with Crippen LogP contribution < -0.4 is 0 Å². The number of aromatic nitrogens is 4. The lowest BCUT2D eigenvalue weighted by atomic mass is 10.1. The Bertz CT molecular complexity index is 689. The van der Waals surface area contributed by atoms with Crippen molar-refractivity contribution in [1.29, 1.82) is 0 Å². The average Bonchev–Trinajstić information content (AvgIpc) is 2.92. The second-order valence-electron chi connectivity index (χ2n) is 5.30. The summed E-state index contributed by atoms with van der Waals surface area (Å²) in [4.78, 5) is 19.7. The first kappa shape index (κ1) is 15.9. The van der Waals surface area contributed by atoms with Gasteiger partial charge in [0.2, 0.25) is 0 Å². The quantitative estimate of drug-likeness (QED) is 0.886. The van der Waals surface area contributed by atoms with Crippen LogP contribution in [-0.4, -0.2) is 30.8 Å². The number of hydrogen-bond acceptors (Lipinski definition) is 4. The van der Waals surface area contributed by atoms with Crippen LogP contribution in [0.1, 0.15) is 60.7 Å². The lowest BCUT2D eigenvalue weighted by Crippen LogP contribution is -2.09. The summed E-state index contributed by atoms with van der Waals surface area (Å²) in [6.07, 6.45) is 7.80. The molecule has 0 fully saturated rings. The minimum atomic E-state index is -1.000. The maximum Gasteiger partial charge on any atom is 0.339 e. The molecule has 0 spiro atoms. The molecule has 0 bridgehead atoms. The van der Waals surface area contributed by atoms with Crippen molar-refractivity contribution in [3.8, 4) is 0 Å². The molecule has 2 aromatic heterocycles. The third kappa shape index (κ3) is 3.58. The predicted octanol–water partition coefficient (Wildman–Crippen LogP) is 3.08. The Morgan fingerprint density at radius 1 is 1.41 bits per heavy atom. The van der Waals surface area contributed by atoms with Crippen molar-refractivity contribution in [2.45, 2.75) is 39.7 Å². The molecule has 0 unspecified atom stereocenters. The number of carboxylic acids is 1. The second-order valence-corrected chi connectivity index (χ2v) is 5.30. The topological polar surface area (TPSA) is 80.9 Å². The summed E-state index contributed by atoms with van der Waals surface area (Å²) in [6, 6.07) is 1.92. The molecule has 2 aromatic rings. The van der Waals surface area contributed by atoms with E-state index in [1.807, 2.05) is 30.7 Å². The molecule has 0 saturated carbocycles. The van der Waals surface area contributed by atoms with Crippen LogP contribution in [0.5, 0.6) is 0 Å². The van der Waals surface area contributed by atoms with E-state index < -0.39 is 5.97 Å². The van der Waals surface area contributed by atoms with Crippen LogP contribution >= 0.6 is 0 Å². The molecule has 0 saturated heterocycles. The number of aryl methyl sites for hydroxylation is 1. The van der Waals surface area contributed by atoms with Crippen LogP contribution in [0.15, 0.2) is 18.5 Å². The van der Waals surface area contributed by atoms with Gasteiger partial charge in [-0.3, -0.25) is 4.68 Å². The number of carbonyl (C=O) groups is 1. The smallest absolute Gasteiger partial charge is 0.339 e. The number of aromatic carboxylic acids is 1. The van der Waals surface area contributed by atoms with E-state index >= 15 is 0 Å². The van der Waals surface area contributed by atoms with Gasteiger partial charge in [-0.2, -0.15) is 5.10 Å². The SMILES string of the molecule is CCCn1nccc1/C=C/c1ncc(C(=O)O)c(C(C)C)n1. The van der Waals surface area contributed by atoms with E-state index in [1.165, 1.54) is 6.20 Å². The Kier molecular flexibility index (Phi) is 5.04. The van der Waals surface area contributed by atoms with Gasteiger partial charge in [-0.15, -0.1) is 0 Å². The minimum Gasteiger partial charge on any atom is -0.478 e. The summed E-state index contributed by atoms with van der Waals surface area (Å²) in [5.74, 6) is -0.481. The van der Waals surface area contributed by atoms with Gasteiger partial charge in [0.05, 0.1) is 17.0 Å². The number of hydrogen-bond donors (Lipinski definition) is 1. The molecular formula is C16H20N4O2.